The summed E-state index contributed by atoms with van der Waals surface area (Å²) in [5.74, 6) is 1.53. The maximum Gasteiger partial charge on any atom is 0.349 e. The second-order valence-corrected chi connectivity index (χ2v) is 6.96. The lowest BCUT2D eigenvalue weighted by atomic mass is 10.2. The second-order valence-electron chi connectivity index (χ2n) is 4.91. The van der Waals surface area contributed by atoms with Crippen LogP contribution in [0, 0.1) is 0 Å². The van der Waals surface area contributed by atoms with Crippen molar-refractivity contribution in [3.8, 4) is 0 Å². The summed E-state index contributed by atoms with van der Waals surface area (Å²) in [6.07, 6.45) is 1.68. The van der Waals surface area contributed by atoms with Gasteiger partial charge in [-0.1, -0.05) is 36.4 Å². The topological polar surface area (TPSA) is 30.2 Å². The molecular formula is C18H16O2S2. The van der Waals surface area contributed by atoms with Gasteiger partial charge >= 0.3 is 5.63 Å². The Morgan fingerprint density at radius 1 is 0.955 bits per heavy atom. The Morgan fingerprint density at radius 3 is 2.55 bits per heavy atom. The van der Waals surface area contributed by atoms with Crippen LogP contribution in [-0.2, 0) is 18.6 Å². The Hall–Kier alpha value is -1.78. The highest BCUT2D eigenvalue weighted by Gasteiger charge is 2.06. The number of hydrogen-bond acceptors (Lipinski definition) is 4. The standard InChI is InChI=1S/C18H16O2S2/c19-18-17(22-13-14-5-2-1-3-6-14)11-9-15(20-18)8-10-16-7-4-12-21-16/h1-7,9,11-12H,8,10,13H2. The van der Waals surface area contributed by atoms with Crippen LogP contribution in [0.2, 0.25) is 0 Å². The van der Waals surface area contributed by atoms with Crippen LogP contribution in [0.3, 0.4) is 0 Å². The molecule has 0 N–H and O–H groups in total. The molecule has 2 aromatic heterocycles. The molecular weight excluding hydrogens is 312 g/mol. The van der Waals surface area contributed by atoms with E-state index in [1.807, 2.05) is 36.4 Å². The molecule has 2 heterocycles. The molecule has 1 aromatic carbocycles. The van der Waals surface area contributed by atoms with Crippen LogP contribution in [0.15, 0.2) is 74.1 Å². The van der Waals surface area contributed by atoms with Crippen molar-refractivity contribution in [2.75, 3.05) is 0 Å². The molecule has 2 nitrogen and oxygen atoms in total. The normalized spacial score (nSPS) is 10.7. The molecule has 0 bridgehead atoms. The van der Waals surface area contributed by atoms with Gasteiger partial charge in [0.05, 0.1) is 4.90 Å². The molecule has 22 heavy (non-hydrogen) atoms. The van der Waals surface area contributed by atoms with Gasteiger partial charge < -0.3 is 4.42 Å². The smallest absolute Gasteiger partial charge is 0.349 e. The van der Waals surface area contributed by atoms with Gasteiger partial charge in [-0.2, -0.15) is 0 Å². The summed E-state index contributed by atoms with van der Waals surface area (Å²) in [5, 5.41) is 2.06. The third-order valence-corrected chi connectivity index (χ3v) is 5.31. The molecule has 3 aromatic rings. The number of benzene rings is 1. The number of hydrogen-bond donors (Lipinski definition) is 0. The zero-order chi connectivity index (χ0) is 15.2. The molecule has 0 saturated heterocycles. The average Bonchev–Trinajstić information content (AvgIpc) is 3.06. The van der Waals surface area contributed by atoms with E-state index >= 15 is 0 Å². The van der Waals surface area contributed by atoms with Crippen LogP contribution in [0.25, 0.3) is 0 Å². The number of aryl methyl sites for hydroxylation is 2. The van der Waals surface area contributed by atoms with E-state index in [-0.39, 0.29) is 5.63 Å². The van der Waals surface area contributed by atoms with Gasteiger partial charge in [0.2, 0.25) is 0 Å². The minimum atomic E-state index is -0.232. The Balaban J connectivity index is 1.61. The molecule has 112 valence electrons. The fourth-order valence-electron chi connectivity index (χ4n) is 2.12. The monoisotopic (exact) mass is 328 g/mol. The van der Waals surface area contributed by atoms with Crippen molar-refractivity contribution in [3.63, 3.8) is 0 Å². The van der Waals surface area contributed by atoms with Crippen LogP contribution in [0.5, 0.6) is 0 Å². The molecule has 0 atom stereocenters. The largest absolute Gasteiger partial charge is 0.427 e. The van der Waals surface area contributed by atoms with Gasteiger partial charge in [0.25, 0.3) is 0 Å². The lowest BCUT2D eigenvalue weighted by Crippen LogP contribution is -2.04. The van der Waals surface area contributed by atoms with Gasteiger partial charge in [-0.05, 0) is 35.6 Å². The Morgan fingerprint density at radius 2 is 1.82 bits per heavy atom. The van der Waals surface area contributed by atoms with Crippen LogP contribution < -0.4 is 5.63 Å². The summed E-state index contributed by atoms with van der Waals surface area (Å²) < 4.78 is 5.42. The van der Waals surface area contributed by atoms with Crippen molar-refractivity contribution >= 4 is 23.1 Å². The van der Waals surface area contributed by atoms with Gasteiger partial charge in [-0.25, -0.2) is 4.79 Å². The highest BCUT2D eigenvalue weighted by Crippen LogP contribution is 2.20. The minimum absolute atomic E-state index is 0.232. The van der Waals surface area contributed by atoms with Crippen LogP contribution in [0.4, 0.5) is 0 Å². The van der Waals surface area contributed by atoms with Crippen molar-refractivity contribution in [2.45, 2.75) is 23.5 Å². The Bertz CT molecular complexity index is 761. The highest BCUT2D eigenvalue weighted by molar-refractivity contribution is 7.98. The van der Waals surface area contributed by atoms with Gasteiger partial charge in [0, 0.05) is 17.1 Å². The third kappa shape index (κ3) is 4.12. The third-order valence-electron chi connectivity index (χ3n) is 3.28. The summed E-state index contributed by atoms with van der Waals surface area (Å²) in [7, 11) is 0. The summed E-state index contributed by atoms with van der Waals surface area (Å²) in [5.41, 5.74) is 0.971. The van der Waals surface area contributed by atoms with Crippen molar-refractivity contribution < 1.29 is 4.42 Å². The molecule has 0 aliphatic carbocycles. The quantitative estimate of drug-likeness (QED) is 0.610. The SMILES string of the molecule is O=c1oc(CCc2cccs2)ccc1SCc1ccccc1. The highest BCUT2D eigenvalue weighted by atomic mass is 32.2. The predicted octanol–water partition coefficient (Wildman–Crippen LogP) is 4.78. The van der Waals surface area contributed by atoms with Crippen molar-refractivity contribution in [2.24, 2.45) is 0 Å². The fourth-order valence-corrected chi connectivity index (χ4v) is 3.67. The van der Waals surface area contributed by atoms with E-state index in [4.69, 9.17) is 4.42 Å². The van der Waals surface area contributed by atoms with E-state index in [9.17, 15) is 4.79 Å². The maximum absolute atomic E-state index is 12.0. The zero-order valence-electron chi connectivity index (χ0n) is 12.0. The molecule has 0 amide bonds. The molecule has 0 aliphatic heterocycles. The first-order valence-electron chi connectivity index (χ1n) is 7.13. The van der Waals surface area contributed by atoms with Crippen LogP contribution in [-0.4, -0.2) is 0 Å². The summed E-state index contributed by atoms with van der Waals surface area (Å²) in [6.45, 7) is 0. The van der Waals surface area contributed by atoms with E-state index in [1.54, 1.807) is 11.3 Å². The Kier molecular flexibility index (Phi) is 5.14. The van der Waals surface area contributed by atoms with E-state index in [0.29, 0.717) is 4.90 Å². The Labute approximate surface area is 137 Å². The summed E-state index contributed by atoms with van der Waals surface area (Å²) >= 11 is 3.25. The minimum Gasteiger partial charge on any atom is -0.427 e. The van der Waals surface area contributed by atoms with Gasteiger partial charge in [-0.3, -0.25) is 0 Å². The van der Waals surface area contributed by atoms with Crippen molar-refractivity contribution in [1.82, 2.24) is 0 Å². The summed E-state index contributed by atoms with van der Waals surface area (Å²) in [4.78, 5) is 14.0. The average molecular weight is 328 g/mol. The van der Waals surface area contributed by atoms with Gasteiger partial charge in [-0.15, -0.1) is 23.1 Å². The first-order valence-corrected chi connectivity index (χ1v) is 9.00. The number of thioether (sulfide) groups is 1. The van der Waals surface area contributed by atoms with E-state index in [0.717, 1.165) is 24.4 Å². The number of thiophene rings is 1. The van der Waals surface area contributed by atoms with E-state index in [1.165, 1.54) is 22.2 Å². The molecule has 3 rings (SSSR count). The lowest BCUT2D eigenvalue weighted by molar-refractivity contribution is 0.446. The zero-order valence-corrected chi connectivity index (χ0v) is 13.7. The first kappa shape index (κ1) is 15.1. The van der Waals surface area contributed by atoms with Gasteiger partial charge in [0.1, 0.15) is 5.76 Å². The fraction of sp³-hybridized carbons (Fsp3) is 0.167. The van der Waals surface area contributed by atoms with Crippen molar-refractivity contribution in [1.29, 1.82) is 0 Å². The number of rotatable bonds is 6. The molecule has 0 radical (unpaired) electrons. The summed E-state index contributed by atoms with van der Waals surface area (Å²) in [6, 6.07) is 18.1. The van der Waals surface area contributed by atoms with Crippen LogP contribution in [0.1, 0.15) is 16.2 Å². The molecule has 0 saturated carbocycles. The van der Waals surface area contributed by atoms with Crippen LogP contribution >= 0.6 is 23.1 Å². The lowest BCUT2D eigenvalue weighted by Gasteiger charge is -2.03. The first-order chi connectivity index (χ1) is 10.8. The molecule has 4 heteroatoms. The molecule has 0 spiro atoms. The van der Waals surface area contributed by atoms with E-state index in [2.05, 4.69) is 23.6 Å². The van der Waals surface area contributed by atoms with E-state index < -0.39 is 0 Å². The maximum atomic E-state index is 12.0. The second kappa shape index (κ2) is 7.47. The molecule has 0 fully saturated rings. The predicted molar refractivity (Wildman–Crippen MR) is 92.7 cm³/mol. The molecule has 0 unspecified atom stereocenters. The molecule has 0 aliphatic rings. The van der Waals surface area contributed by atoms with Crippen molar-refractivity contribution in [3.05, 3.63) is 86.6 Å². The van der Waals surface area contributed by atoms with Gasteiger partial charge in [0.15, 0.2) is 0 Å².